The van der Waals surface area contributed by atoms with Crippen LogP contribution < -0.4 is 0 Å². The zero-order valence-electron chi connectivity index (χ0n) is 8.71. The predicted octanol–water partition coefficient (Wildman–Crippen LogP) is 3.45. The van der Waals surface area contributed by atoms with Crippen molar-refractivity contribution in [3.8, 4) is 0 Å². The van der Waals surface area contributed by atoms with Crippen LogP contribution in [0.15, 0.2) is 24.8 Å². The molecular weight excluding hydrogens is 160 g/mol. The Morgan fingerprint density at radius 2 is 1.92 bits per heavy atom. The first kappa shape index (κ1) is 12.4. The molecule has 0 spiro atoms. The zero-order chi connectivity index (χ0) is 9.94. The van der Waals surface area contributed by atoms with Gasteiger partial charge in [-0.1, -0.05) is 63.8 Å². The minimum Gasteiger partial charge on any atom is -0.389 e. The van der Waals surface area contributed by atoms with Gasteiger partial charge < -0.3 is 5.11 Å². The lowest BCUT2D eigenvalue weighted by Crippen LogP contribution is -2.00. The van der Waals surface area contributed by atoms with Crippen molar-refractivity contribution < 1.29 is 5.11 Å². The van der Waals surface area contributed by atoms with Crippen molar-refractivity contribution in [2.24, 2.45) is 0 Å². The van der Waals surface area contributed by atoms with Crippen LogP contribution in [0.3, 0.4) is 0 Å². The summed E-state index contributed by atoms with van der Waals surface area (Å²) in [7, 11) is 0. The first-order valence-corrected chi connectivity index (χ1v) is 5.28. The van der Waals surface area contributed by atoms with Crippen LogP contribution in [0.5, 0.6) is 0 Å². The topological polar surface area (TPSA) is 20.2 Å². The van der Waals surface area contributed by atoms with Crippen LogP contribution in [0.2, 0.25) is 0 Å². The van der Waals surface area contributed by atoms with Gasteiger partial charge in [-0.15, -0.1) is 0 Å². The number of unbranched alkanes of at least 4 members (excludes halogenated alkanes) is 4. The van der Waals surface area contributed by atoms with E-state index in [2.05, 4.69) is 13.5 Å². The highest BCUT2D eigenvalue weighted by molar-refractivity contribution is 5.00. The molecule has 0 aliphatic rings. The van der Waals surface area contributed by atoms with Crippen molar-refractivity contribution in [3.05, 3.63) is 24.8 Å². The molecule has 0 saturated carbocycles. The molecule has 13 heavy (non-hydrogen) atoms. The summed E-state index contributed by atoms with van der Waals surface area (Å²) in [6.07, 6.45) is 12.2. The maximum absolute atomic E-state index is 9.40. The Hall–Kier alpha value is -0.560. The van der Waals surface area contributed by atoms with E-state index < -0.39 is 0 Å². The van der Waals surface area contributed by atoms with Crippen molar-refractivity contribution in [3.63, 3.8) is 0 Å². The van der Waals surface area contributed by atoms with Gasteiger partial charge in [0.25, 0.3) is 0 Å². The standard InChI is InChI=1S/C12H22O/c1-3-5-7-8-9-11-12(13)10-6-4-2/h4,6,10,12-13H,2-3,5,7-9,11H2,1H3. The van der Waals surface area contributed by atoms with Crippen LogP contribution in [0.25, 0.3) is 0 Å². The molecule has 0 bridgehead atoms. The molecule has 0 amide bonds. The maximum Gasteiger partial charge on any atom is 0.0723 e. The second-order valence-corrected chi connectivity index (χ2v) is 3.39. The summed E-state index contributed by atoms with van der Waals surface area (Å²) in [6.45, 7) is 5.77. The number of hydrogen-bond acceptors (Lipinski definition) is 1. The Morgan fingerprint density at radius 1 is 1.23 bits per heavy atom. The number of hydrogen-bond donors (Lipinski definition) is 1. The van der Waals surface area contributed by atoms with E-state index in [9.17, 15) is 5.11 Å². The fraction of sp³-hybridized carbons (Fsp3) is 0.667. The lowest BCUT2D eigenvalue weighted by Gasteiger charge is -2.04. The van der Waals surface area contributed by atoms with E-state index in [0.29, 0.717) is 0 Å². The summed E-state index contributed by atoms with van der Waals surface area (Å²) in [4.78, 5) is 0. The first-order valence-electron chi connectivity index (χ1n) is 5.28. The SMILES string of the molecule is C=CC=CC(O)CCCCCCC. The molecule has 0 aromatic heterocycles. The molecule has 0 radical (unpaired) electrons. The normalized spacial score (nSPS) is 13.4. The van der Waals surface area contributed by atoms with Crippen LogP contribution in [-0.4, -0.2) is 11.2 Å². The van der Waals surface area contributed by atoms with E-state index in [1.165, 1.54) is 25.7 Å². The summed E-state index contributed by atoms with van der Waals surface area (Å²) in [5.74, 6) is 0. The number of rotatable bonds is 8. The minimum atomic E-state index is -0.278. The van der Waals surface area contributed by atoms with Crippen molar-refractivity contribution in [2.45, 2.75) is 51.6 Å². The predicted molar refractivity (Wildman–Crippen MR) is 58.7 cm³/mol. The van der Waals surface area contributed by atoms with Crippen LogP contribution in [0.4, 0.5) is 0 Å². The van der Waals surface area contributed by atoms with Gasteiger partial charge in [0.2, 0.25) is 0 Å². The van der Waals surface area contributed by atoms with Crippen molar-refractivity contribution >= 4 is 0 Å². The van der Waals surface area contributed by atoms with Gasteiger partial charge in [-0.25, -0.2) is 0 Å². The largest absolute Gasteiger partial charge is 0.389 e. The number of aliphatic hydroxyl groups excluding tert-OH is 1. The fourth-order valence-corrected chi connectivity index (χ4v) is 1.26. The third-order valence-corrected chi connectivity index (χ3v) is 2.07. The van der Waals surface area contributed by atoms with Gasteiger partial charge in [0, 0.05) is 0 Å². The van der Waals surface area contributed by atoms with Gasteiger partial charge in [-0.2, -0.15) is 0 Å². The molecule has 1 nitrogen and oxygen atoms in total. The number of aliphatic hydroxyl groups is 1. The second kappa shape index (κ2) is 9.53. The third kappa shape index (κ3) is 9.35. The smallest absolute Gasteiger partial charge is 0.0723 e. The second-order valence-electron chi connectivity index (χ2n) is 3.39. The number of allylic oxidation sites excluding steroid dienone is 2. The molecule has 0 rings (SSSR count). The summed E-state index contributed by atoms with van der Waals surface area (Å²) in [5.41, 5.74) is 0. The minimum absolute atomic E-state index is 0.278. The molecular formula is C12H22O. The molecule has 0 aromatic rings. The van der Waals surface area contributed by atoms with E-state index in [1.54, 1.807) is 18.2 Å². The van der Waals surface area contributed by atoms with Gasteiger partial charge in [0.15, 0.2) is 0 Å². The lowest BCUT2D eigenvalue weighted by molar-refractivity contribution is 0.208. The third-order valence-electron chi connectivity index (χ3n) is 2.07. The highest BCUT2D eigenvalue weighted by Crippen LogP contribution is 2.07. The van der Waals surface area contributed by atoms with Gasteiger partial charge in [-0.3, -0.25) is 0 Å². The van der Waals surface area contributed by atoms with Gasteiger partial charge >= 0.3 is 0 Å². The molecule has 0 heterocycles. The van der Waals surface area contributed by atoms with Crippen LogP contribution in [0.1, 0.15) is 45.4 Å². The lowest BCUT2D eigenvalue weighted by atomic mass is 10.1. The zero-order valence-corrected chi connectivity index (χ0v) is 8.71. The van der Waals surface area contributed by atoms with E-state index in [0.717, 1.165) is 12.8 Å². The molecule has 0 aliphatic carbocycles. The van der Waals surface area contributed by atoms with Crippen LogP contribution in [-0.2, 0) is 0 Å². The molecule has 1 unspecified atom stereocenters. The van der Waals surface area contributed by atoms with Crippen molar-refractivity contribution in [1.29, 1.82) is 0 Å². The van der Waals surface area contributed by atoms with E-state index in [1.807, 2.05) is 0 Å². The highest BCUT2D eigenvalue weighted by atomic mass is 16.3. The van der Waals surface area contributed by atoms with E-state index in [4.69, 9.17) is 0 Å². The van der Waals surface area contributed by atoms with Gasteiger partial charge in [-0.05, 0) is 6.42 Å². The van der Waals surface area contributed by atoms with Crippen LogP contribution >= 0.6 is 0 Å². The summed E-state index contributed by atoms with van der Waals surface area (Å²) in [5, 5.41) is 9.40. The molecule has 1 heteroatoms. The summed E-state index contributed by atoms with van der Waals surface area (Å²) < 4.78 is 0. The van der Waals surface area contributed by atoms with Crippen molar-refractivity contribution in [2.75, 3.05) is 0 Å². The Morgan fingerprint density at radius 3 is 2.54 bits per heavy atom. The molecule has 0 saturated heterocycles. The van der Waals surface area contributed by atoms with Gasteiger partial charge in [0.05, 0.1) is 6.10 Å². The molecule has 0 aliphatic heterocycles. The van der Waals surface area contributed by atoms with E-state index >= 15 is 0 Å². The van der Waals surface area contributed by atoms with Gasteiger partial charge in [0.1, 0.15) is 0 Å². The summed E-state index contributed by atoms with van der Waals surface area (Å²) >= 11 is 0. The molecule has 0 fully saturated rings. The molecule has 1 atom stereocenters. The molecule has 76 valence electrons. The monoisotopic (exact) mass is 182 g/mol. The maximum atomic E-state index is 9.40. The van der Waals surface area contributed by atoms with E-state index in [-0.39, 0.29) is 6.10 Å². The highest BCUT2D eigenvalue weighted by Gasteiger charge is 1.97. The first-order chi connectivity index (χ1) is 6.31. The summed E-state index contributed by atoms with van der Waals surface area (Å²) in [6, 6.07) is 0. The average Bonchev–Trinajstić information content (AvgIpc) is 2.14. The Bertz CT molecular complexity index is 138. The Kier molecular flexibility index (Phi) is 9.12. The van der Waals surface area contributed by atoms with Crippen molar-refractivity contribution in [1.82, 2.24) is 0 Å². The quantitative estimate of drug-likeness (QED) is 0.450. The van der Waals surface area contributed by atoms with Crippen LogP contribution in [0, 0.1) is 0 Å². The fourth-order valence-electron chi connectivity index (χ4n) is 1.26. The average molecular weight is 182 g/mol. The molecule has 1 N–H and O–H groups in total. The Labute approximate surface area is 82.2 Å². The Balaban J connectivity index is 3.21. The molecule has 0 aromatic carbocycles.